The molecule has 0 bridgehead atoms. The summed E-state index contributed by atoms with van der Waals surface area (Å²) in [6.07, 6.45) is -0.0628. The summed E-state index contributed by atoms with van der Waals surface area (Å²) >= 11 is 0. The molecule has 6 aromatic carbocycles. The van der Waals surface area contributed by atoms with Gasteiger partial charge in [0.25, 0.3) is 0 Å². The molecular formula is C38H27NO2. The monoisotopic (exact) mass is 529 g/mol. The van der Waals surface area contributed by atoms with Crippen LogP contribution in [0, 0.1) is 0 Å². The first-order valence-electron chi connectivity index (χ1n) is 13.9. The molecule has 2 heterocycles. The Kier molecular flexibility index (Phi) is 5.26. The third kappa shape index (κ3) is 3.66. The standard InChI is InChI=1S/C38H27NO2/c1-24-25(2)40-38-29(24)14-9-18-35(38)39(34-17-7-11-26-10-3-4-12-30(26)34)28-22-20-27(21-23-28)31-15-8-16-33-32-13-5-6-19-36(32)41-37(31)33/h3-23,25H,1H2,2H3. The molecular weight excluding hydrogens is 502 g/mol. The average Bonchev–Trinajstić information content (AvgIpc) is 3.55. The summed E-state index contributed by atoms with van der Waals surface area (Å²) in [5.74, 6) is 0.869. The first-order valence-corrected chi connectivity index (χ1v) is 13.9. The van der Waals surface area contributed by atoms with Gasteiger partial charge in [-0.15, -0.1) is 0 Å². The largest absolute Gasteiger partial charge is 0.483 e. The van der Waals surface area contributed by atoms with E-state index in [-0.39, 0.29) is 6.10 Å². The maximum atomic E-state index is 6.40. The summed E-state index contributed by atoms with van der Waals surface area (Å²) in [7, 11) is 0. The maximum absolute atomic E-state index is 6.40. The van der Waals surface area contributed by atoms with Crippen molar-refractivity contribution in [2.45, 2.75) is 13.0 Å². The second kappa shape index (κ2) is 9.14. The molecule has 7 aromatic rings. The fourth-order valence-corrected chi connectivity index (χ4v) is 6.12. The normalized spacial score (nSPS) is 14.5. The molecule has 1 atom stereocenters. The van der Waals surface area contributed by atoms with E-state index in [4.69, 9.17) is 9.15 Å². The molecule has 1 aliphatic rings. The summed E-state index contributed by atoms with van der Waals surface area (Å²) in [6, 6.07) is 44.6. The SMILES string of the molecule is C=C1c2cccc(N(c3ccc(-c4cccc5c4oc4ccccc45)cc3)c3cccc4ccccc34)c2OC1C. The summed E-state index contributed by atoms with van der Waals surface area (Å²) in [6.45, 7) is 6.36. The Morgan fingerprint density at radius 1 is 0.610 bits per heavy atom. The van der Waals surface area contributed by atoms with Gasteiger partial charge in [-0.1, -0.05) is 104 Å². The minimum absolute atomic E-state index is 0.0628. The lowest BCUT2D eigenvalue weighted by molar-refractivity contribution is 0.298. The van der Waals surface area contributed by atoms with Crippen LogP contribution < -0.4 is 9.64 Å². The number of nitrogens with zero attached hydrogens (tertiary/aromatic N) is 1. The number of rotatable bonds is 4. The van der Waals surface area contributed by atoms with E-state index in [2.05, 4.69) is 134 Å². The molecule has 0 spiro atoms. The van der Waals surface area contributed by atoms with Crippen LogP contribution in [0.5, 0.6) is 5.75 Å². The molecule has 41 heavy (non-hydrogen) atoms. The average molecular weight is 530 g/mol. The molecule has 0 amide bonds. The van der Waals surface area contributed by atoms with Gasteiger partial charge in [0.2, 0.25) is 0 Å². The van der Waals surface area contributed by atoms with Gasteiger partial charge in [0, 0.05) is 33.0 Å². The highest BCUT2D eigenvalue weighted by Crippen LogP contribution is 2.49. The summed E-state index contributed by atoms with van der Waals surface area (Å²) in [4.78, 5) is 2.30. The van der Waals surface area contributed by atoms with Gasteiger partial charge in [-0.05, 0) is 53.8 Å². The quantitative estimate of drug-likeness (QED) is 0.227. The van der Waals surface area contributed by atoms with Crippen LogP contribution in [-0.2, 0) is 0 Å². The minimum atomic E-state index is -0.0628. The van der Waals surface area contributed by atoms with Crippen LogP contribution in [-0.4, -0.2) is 6.10 Å². The lowest BCUT2D eigenvalue weighted by Gasteiger charge is -2.28. The summed E-state index contributed by atoms with van der Waals surface area (Å²) in [5.41, 5.74) is 9.21. The molecule has 1 aliphatic heterocycles. The van der Waals surface area contributed by atoms with Crippen LogP contribution >= 0.6 is 0 Å². The van der Waals surface area contributed by atoms with Crippen molar-refractivity contribution in [3.05, 3.63) is 140 Å². The third-order valence-electron chi connectivity index (χ3n) is 8.21. The van der Waals surface area contributed by atoms with Crippen molar-refractivity contribution in [1.82, 2.24) is 0 Å². The van der Waals surface area contributed by atoms with E-state index in [1.807, 2.05) is 12.1 Å². The number of anilines is 3. The number of hydrogen-bond donors (Lipinski definition) is 0. The molecule has 0 saturated carbocycles. The number of para-hydroxylation sites is 3. The lowest BCUT2D eigenvalue weighted by atomic mass is 10.0. The van der Waals surface area contributed by atoms with Gasteiger partial charge in [0.1, 0.15) is 17.3 Å². The van der Waals surface area contributed by atoms with Crippen LogP contribution in [0.1, 0.15) is 12.5 Å². The van der Waals surface area contributed by atoms with Gasteiger partial charge in [0.15, 0.2) is 5.75 Å². The fourth-order valence-electron chi connectivity index (χ4n) is 6.12. The van der Waals surface area contributed by atoms with Crippen molar-refractivity contribution >= 4 is 55.3 Å². The summed E-state index contributed by atoms with van der Waals surface area (Å²) in [5, 5.41) is 4.63. The number of fused-ring (bicyclic) bond motifs is 5. The van der Waals surface area contributed by atoms with E-state index in [0.717, 1.165) is 67.0 Å². The van der Waals surface area contributed by atoms with E-state index in [9.17, 15) is 0 Å². The molecule has 196 valence electrons. The van der Waals surface area contributed by atoms with Crippen LogP contribution in [0.4, 0.5) is 17.1 Å². The van der Waals surface area contributed by atoms with Crippen molar-refractivity contribution in [1.29, 1.82) is 0 Å². The molecule has 0 saturated heterocycles. The molecule has 1 unspecified atom stereocenters. The predicted octanol–water partition coefficient (Wildman–Crippen LogP) is 10.7. The highest BCUT2D eigenvalue weighted by atomic mass is 16.5. The van der Waals surface area contributed by atoms with Crippen molar-refractivity contribution in [2.24, 2.45) is 0 Å². The highest BCUT2D eigenvalue weighted by Gasteiger charge is 2.29. The van der Waals surface area contributed by atoms with Crippen molar-refractivity contribution in [3.63, 3.8) is 0 Å². The van der Waals surface area contributed by atoms with Crippen molar-refractivity contribution in [3.8, 4) is 16.9 Å². The van der Waals surface area contributed by atoms with E-state index in [0.29, 0.717) is 0 Å². The van der Waals surface area contributed by atoms with Gasteiger partial charge in [-0.25, -0.2) is 0 Å². The van der Waals surface area contributed by atoms with Gasteiger partial charge in [-0.2, -0.15) is 0 Å². The van der Waals surface area contributed by atoms with Gasteiger partial charge in [0.05, 0.1) is 11.4 Å². The van der Waals surface area contributed by atoms with Crippen molar-refractivity contribution in [2.75, 3.05) is 4.90 Å². The molecule has 3 heteroatoms. The second-order valence-corrected chi connectivity index (χ2v) is 10.6. The van der Waals surface area contributed by atoms with E-state index in [1.54, 1.807) is 0 Å². The molecule has 8 rings (SSSR count). The Hall–Kier alpha value is -5.28. The van der Waals surface area contributed by atoms with Crippen LogP contribution in [0.15, 0.2) is 138 Å². The molecule has 0 N–H and O–H groups in total. The molecule has 0 fully saturated rings. The fraction of sp³-hybridized carbons (Fsp3) is 0.0526. The Morgan fingerprint density at radius 3 is 2.15 bits per heavy atom. The minimum Gasteiger partial charge on any atom is -0.483 e. The zero-order valence-corrected chi connectivity index (χ0v) is 22.7. The van der Waals surface area contributed by atoms with E-state index in [1.165, 1.54) is 10.8 Å². The van der Waals surface area contributed by atoms with Gasteiger partial charge in [-0.3, -0.25) is 0 Å². The Morgan fingerprint density at radius 2 is 1.27 bits per heavy atom. The zero-order valence-electron chi connectivity index (χ0n) is 22.7. The van der Waals surface area contributed by atoms with E-state index >= 15 is 0 Å². The molecule has 1 aromatic heterocycles. The highest BCUT2D eigenvalue weighted by molar-refractivity contribution is 6.09. The number of ether oxygens (including phenoxy) is 1. The Labute approximate surface area is 238 Å². The molecule has 3 nitrogen and oxygen atoms in total. The van der Waals surface area contributed by atoms with Crippen LogP contribution in [0.25, 0.3) is 49.4 Å². The number of hydrogen-bond acceptors (Lipinski definition) is 3. The Balaban J connectivity index is 1.31. The first kappa shape index (κ1) is 23.6. The maximum Gasteiger partial charge on any atom is 0.151 e. The summed E-state index contributed by atoms with van der Waals surface area (Å²) < 4.78 is 12.7. The van der Waals surface area contributed by atoms with Crippen LogP contribution in [0.3, 0.4) is 0 Å². The number of furan rings is 1. The Bertz CT molecular complexity index is 2110. The smallest absolute Gasteiger partial charge is 0.151 e. The van der Waals surface area contributed by atoms with Gasteiger partial charge >= 0.3 is 0 Å². The molecule has 0 radical (unpaired) electrons. The van der Waals surface area contributed by atoms with Crippen molar-refractivity contribution < 1.29 is 9.15 Å². The van der Waals surface area contributed by atoms with Crippen LogP contribution in [0.2, 0.25) is 0 Å². The third-order valence-corrected chi connectivity index (χ3v) is 8.21. The lowest BCUT2D eigenvalue weighted by Crippen LogP contribution is -2.12. The van der Waals surface area contributed by atoms with E-state index < -0.39 is 0 Å². The zero-order chi connectivity index (χ0) is 27.5. The first-order chi connectivity index (χ1) is 20.2. The molecule has 0 aliphatic carbocycles. The van der Waals surface area contributed by atoms with Gasteiger partial charge < -0.3 is 14.1 Å². The topological polar surface area (TPSA) is 25.6 Å². The predicted molar refractivity (Wildman–Crippen MR) is 170 cm³/mol. The number of benzene rings is 6. The second-order valence-electron chi connectivity index (χ2n) is 10.6.